The predicted octanol–water partition coefficient (Wildman–Crippen LogP) is 3.40. The van der Waals surface area contributed by atoms with Crippen molar-refractivity contribution in [1.29, 1.82) is 0 Å². The Morgan fingerprint density at radius 3 is 2.54 bits per heavy atom. The largest absolute Gasteiger partial charge is 0.348 e. The first-order valence-electron chi connectivity index (χ1n) is 4.33. The molecule has 0 atom stereocenters. The van der Waals surface area contributed by atoms with Crippen molar-refractivity contribution in [3.05, 3.63) is 33.0 Å². The second kappa shape index (κ2) is 3.01. The van der Waals surface area contributed by atoms with Crippen molar-refractivity contribution >= 4 is 33.5 Å². The molecule has 2 rings (SSSR count). The summed E-state index contributed by atoms with van der Waals surface area (Å²) in [6.45, 7) is 4.37. The van der Waals surface area contributed by atoms with E-state index in [1.54, 1.807) is 0 Å². The molecule has 0 radical (unpaired) electrons. The van der Waals surface area contributed by atoms with Crippen LogP contribution in [0.15, 0.2) is 18.2 Å². The second-order valence-corrected chi connectivity index (χ2v) is 4.57. The number of benzene rings is 1. The van der Waals surface area contributed by atoms with Gasteiger partial charge in [0.05, 0.1) is 0 Å². The van der Waals surface area contributed by atoms with E-state index in [0.717, 1.165) is 0 Å². The van der Waals surface area contributed by atoms with Crippen molar-refractivity contribution in [2.24, 2.45) is 7.05 Å². The minimum Gasteiger partial charge on any atom is -0.348 e. The molecule has 0 aliphatic rings. The van der Waals surface area contributed by atoms with E-state index in [1.807, 2.05) is 0 Å². The van der Waals surface area contributed by atoms with Gasteiger partial charge in [-0.05, 0) is 54.1 Å². The molecule has 0 N–H and O–H groups in total. The van der Waals surface area contributed by atoms with Crippen molar-refractivity contribution in [2.75, 3.05) is 0 Å². The van der Waals surface area contributed by atoms with Crippen LogP contribution in [-0.4, -0.2) is 4.57 Å². The molecule has 0 unspecified atom stereocenters. The Hall–Kier alpha value is -0.510. The number of hydrogen-bond acceptors (Lipinski definition) is 0. The lowest BCUT2D eigenvalue weighted by Crippen LogP contribution is -1.89. The Bertz CT molecular complexity index is 468. The zero-order valence-electron chi connectivity index (χ0n) is 8.06. The Labute approximate surface area is 91.9 Å². The topological polar surface area (TPSA) is 4.93 Å². The quantitative estimate of drug-likeness (QED) is 0.654. The fourth-order valence-corrected chi connectivity index (χ4v) is 2.67. The van der Waals surface area contributed by atoms with Gasteiger partial charge in [-0.2, -0.15) is 0 Å². The second-order valence-electron chi connectivity index (χ2n) is 3.40. The molecular formula is C11H12IN. The highest BCUT2D eigenvalue weighted by Crippen LogP contribution is 2.27. The van der Waals surface area contributed by atoms with E-state index in [2.05, 4.69) is 66.3 Å². The molecule has 0 spiro atoms. The van der Waals surface area contributed by atoms with Gasteiger partial charge in [0.15, 0.2) is 0 Å². The Balaban J connectivity index is 3.03. The molecule has 0 aliphatic heterocycles. The molecule has 2 heteroatoms. The minimum absolute atomic E-state index is 1.34. The first kappa shape index (κ1) is 9.06. The zero-order valence-corrected chi connectivity index (χ0v) is 10.2. The maximum Gasteiger partial charge on any atom is 0.0493 e. The van der Waals surface area contributed by atoms with E-state index >= 15 is 0 Å². The van der Waals surface area contributed by atoms with Crippen molar-refractivity contribution in [1.82, 2.24) is 4.57 Å². The maximum atomic E-state index is 2.40. The van der Waals surface area contributed by atoms with Crippen LogP contribution in [0.1, 0.15) is 11.3 Å². The summed E-state index contributed by atoms with van der Waals surface area (Å²) in [5, 5.41) is 1.41. The molecule has 2 aromatic rings. The van der Waals surface area contributed by atoms with Gasteiger partial charge in [-0.1, -0.05) is 6.07 Å². The van der Waals surface area contributed by atoms with Crippen LogP contribution in [0, 0.1) is 17.4 Å². The summed E-state index contributed by atoms with van der Waals surface area (Å²) in [7, 11) is 2.13. The van der Waals surface area contributed by atoms with Crippen LogP contribution < -0.4 is 0 Å². The van der Waals surface area contributed by atoms with Gasteiger partial charge in [-0.3, -0.25) is 0 Å². The summed E-state index contributed by atoms with van der Waals surface area (Å²) in [5.74, 6) is 0. The van der Waals surface area contributed by atoms with Crippen LogP contribution in [0.25, 0.3) is 10.9 Å². The van der Waals surface area contributed by atoms with E-state index in [4.69, 9.17) is 0 Å². The highest BCUT2D eigenvalue weighted by molar-refractivity contribution is 14.1. The summed E-state index contributed by atoms with van der Waals surface area (Å²) >= 11 is 2.40. The number of hydrogen-bond donors (Lipinski definition) is 0. The average molecular weight is 285 g/mol. The fourth-order valence-electron chi connectivity index (χ4n) is 1.78. The molecule has 0 aliphatic carbocycles. The van der Waals surface area contributed by atoms with Gasteiger partial charge < -0.3 is 4.57 Å². The Morgan fingerprint density at radius 2 is 1.92 bits per heavy atom. The Kier molecular flexibility index (Phi) is 2.10. The van der Waals surface area contributed by atoms with Crippen molar-refractivity contribution in [3.63, 3.8) is 0 Å². The van der Waals surface area contributed by atoms with Crippen LogP contribution in [0.2, 0.25) is 0 Å². The summed E-state index contributed by atoms with van der Waals surface area (Å²) < 4.78 is 3.60. The van der Waals surface area contributed by atoms with Crippen LogP contribution in [0.3, 0.4) is 0 Å². The number of fused-ring (bicyclic) bond motifs is 1. The van der Waals surface area contributed by atoms with Gasteiger partial charge in [0.2, 0.25) is 0 Å². The lowest BCUT2D eigenvalue weighted by Gasteiger charge is -1.98. The van der Waals surface area contributed by atoms with Crippen molar-refractivity contribution in [3.8, 4) is 0 Å². The summed E-state index contributed by atoms with van der Waals surface area (Å²) in [4.78, 5) is 0. The molecule has 0 saturated heterocycles. The molecule has 0 amide bonds. The first-order chi connectivity index (χ1) is 6.13. The molecule has 68 valence electrons. The summed E-state index contributed by atoms with van der Waals surface area (Å²) in [5.41, 5.74) is 4.10. The molecule has 13 heavy (non-hydrogen) atoms. The monoisotopic (exact) mass is 285 g/mol. The van der Waals surface area contributed by atoms with Crippen LogP contribution in [0.5, 0.6) is 0 Å². The first-order valence-corrected chi connectivity index (χ1v) is 5.41. The number of nitrogens with zero attached hydrogens (tertiary/aromatic N) is 1. The molecule has 0 saturated carbocycles. The van der Waals surface area contributed by atoms with E-state index in [0.29, 0.717) is 0 Å². The smallest absolute Gasteiger partial charge is 0.0493 e. The van der Waals surface area contributed by atoms with Crippen LogP contribution in [0.4, 0.5) is 0 Å². The highest BCUT2D eigenvalue weighted by Gasteiger charge is 2.09. The SMILES string of the molecule is Cc1c(C)n(C)c2cccc(I)c12. The highest BCUT2D eigenvalue weighted by atomic mass is 127. The number of halogens is 1. The molecular weight excluding hydrogens is 273 g/mol. The van der Waals surface area contributed by atoms with Crippen LogP contribution in [-0.2, 0) is 7.05 Å². The summed E-state index contributed by atoms with van der Waals surface area (Å²) in [6, 6.07) is 6.45. The number of aryl methyl sites for hydroxylation is 2. The van der Waals surface area contributed by atoms with Crippen LogP contribution >= 0.6 is 22.6 Å². The maximum absolute atomic E-state index is 2.40. The van der Waals surface area contributed by atoms with E-state index in [9.17, 15) is 0 Å². The van der Waals surface area contributed by atoms with Gasteiger partial charge in [0.1, 0.15) is 0 Å². The van der Waals surface area contributed by atoms with E-state index in [1.165, 1.54) is 25.7 Å². The van der Waals surface area contributed by atoms with Crippen molar-refractivity contribution in [2.45, 2.75) is 13.8 Å². The Morgan fingerprint density at radius 1 is 1.23 bits per heavy atom. The predicted molar refractivity (Wildman–Crippen MR) is 65.1 cm³/mol. The van der Waals surface area contributed by atoms with Gasteiger partial charge in [-0.15, -0.1) is 0 Å². The van der Waals surface area contributed by atoms with E-state index < -0.39 is 0 Å². The number of aromatic nitrogens is 1. The minimum atomic E-state index is 1.34. The van der Waals surface area contributed by atoms with Crippen molar-refractivity contribution < 1.29 is 0 Å². The number of rotatable bonds is 0. The standard InChI is InChI=1S/C11H12IN/c1-7-8(2)13(3)10-6-4-5-9(12)11(7)10/h4-6H,1-3H3. The summed E-state index contributed by atoms with van der Waals surface area (Å²) in [6.07, 6.45) is 0. The fraction of sp³-hybridized carbons (Fsp3) is 0.273. The molecule has 1 nitrogen and oxygen atoms in total. The molecule has 0 fully saturated rings. The van der Waals surface area contributed by atoms with Gasteiger partial charge in [-0.25, -0.2) is 0 Å². The molecule has 1 aromatic heterocycles. The third-order valence-corrected chi connectivity index (χ3v) is 3.67. The average Bonchev–Trinajstić information content (AvgIpc) is 2.33. The lowest BCUT2D eigenvalue weighted by atomic mass is 10.2. The van der Waals surface area contributed by atoms with E-state index in [-0.39, 0.29) is 0 Å². The van der Waals surface area contributed by atoms with Gasteiger partial charge in [0.25, 0.3) is 0 Å². The third kappa shape index (κ3) is 1.19. The van der Waals surface area contributed by atoms with Gasteiger partial charge in [0, 0.05) is 27.2 Å². The molecule has 1 aromatic carbocycles. The lowest BCUT2D eigenvalue weighted by molar-refractivity contribution is 0.910. The zero-order chi connectivity index (χ0) is 9.59. The molecule has 1 heterocycles. The third-order valence-electron chi connectivity index (χ3n) is 2.77. The van der Waals surface area contributed by atoms with Gasteiger partial charge >= 0.3 is 0 Å². The normalized spacial score (nSPS) is 11.1. The molecule has 0 bridgehead atoms.